The Bertz CT molecular complexity index is 531. The van der Waals surface area contributed by atoms with E-state index in [1.54, 1.807) is 0 Å². The zero-order chi connectivity index (χ0) is 15.9. The van der Waals surface area contributed by atoms with Crippen molar-refractivity contribution in [2.45, 2.75) is 25.3 Å². The van der Waals surface area contributed by atoms with Crippen molar-refractivity contribution in [3.63, 3.8) is 0 Å². The van der Waals surface area contributed by atoms with Crippen molar-refractivity contribution in [1.82, 2.24) is 16.0 Å². The van der Waals surface area contributed by atoms with Crippen molar-refractivity contribution in [3.8, 4) is 0 Å². The zero-order valence-electron chi connectivity index (χ0n) is 12.5. The van der Waals surface area contributed by atoms with Crippen molar-refractivity contribution in [3.05, 3.63) is 35.4 Å². The number of amides is 2. The minimum atomic E-state index is -0.908. The van der Waals surface area contributed by atoms with Gasteiger partial charge in [0.15, 0.2) is 0 Å². The third kappa shape index (κ3) is 5.76. The first-order chi connectivity index (χ1) is 10.6. The molecule has 1 fully saturated rings. The molecular formula is C15H20ClF2N3O2. The fourth-order valence-electron chi connectivity index (χ4n) is 2.41. The number of hydrogen-bond acceptors (Lipinski definition) is 3. The molecule has 128 valence electrons. The van der Waals surface area contributed by atoms with E-state index in [0.717, 1.165) is 31.5 Å². The molecule has 23 heavy (non-hydrogen) atoms. The Morgan fingerprint density at radius 2 is 1.83 bits per heavy atom. The summed E-state index contributed by atoms with van der Waals surface area (Å²) in [6.07, 6.45) is 2.45. The lowest BCUT2D eigenvalue weighted by Gasteiger charge is -2.11. The van der Waals surface area contributed by atoms with E-state index in [2.05, 4.69) is 16.0 Å². The average molecular weight is 348 g/mol. The Morgan fingerprint density at radius 3 is 2.43 bits per heavy atom. The maximum absolute atomic E-state index is 13.4. The third-order valence-corrected chi connectivity index (χ3v) is 3.52. The molecule has 0 aliphatic carbocycles. The lowest BCUT2D eigenvalue weighted by molar-refractivity contribution is -0.121. The van der Waals surface area contributed by atoms with Crippen LogP contribution in [0.4, 0.5) is 8.78 Å². The Labute approximate surface area is 139 Å². The summed E-state index contributed by atoms with van der Waals surface area (Å²) in [5.41, 5.74) is -0.607. The van der Waals surface area contributed by atoms with Crippen molar-refractivity contribution < 1.29 is 18.4 Å². The van der Waals surface area contributed by atoms with Crippen LogP contribution in [0.15, 0.2) is 18.2 Å². The van der Waals surface area contributed by atoms with Crippen LogP contribution in [-0.2, 0) is 4.79 Å². The van der Waals surface area contributed by atoms with Crippen LogP contribution in [-0.4, -0.2) is 37.5 Å². The second-order valence-corrected chi connectivity index (χ2v) is 5.20. The highest BCUT2D eigenvalue weighted by Gasteiger charge is 2.18. The first-order valence-corrected chi connectivity index (χ1v) is 7.30. The smallest absolute Gasteiger partial charge is 0.257 e. The Morgan fingerprint density at radius 1 is 1.17 bits per heavy atom. The van der Waals surface area contributed by atoms with Crippen LogP contribution in [0.1, 0.15) is 29.6 Å². The molecule has 0 aromatic heterocycles. The number of halogens is 3. The quantitative estimate of drug-likeness (QED) is 0.681. The number of rotatable bonds is 6. The normalized spacial score (nSPS) is 16.5. The molecule has 3 N–H and O–H groups in total. The predicted molar refractivity (Wildman–Crippen MR) is 84.6 cm³/mol. The summed E-state index contributed by atoms with van der Waals surface area (Å²) < 4.78 is 26.8. The fraction of sp³-hybridized carbons (Fsp3) is 0.467. The van der Waals surface area contributed by atoms with E-state index in [0.29, 0.717) is 6.42 Å². The molecule has 1 unspecified atom stereocenters. The summed E-state index contributed by atoms with van der Waals surface area (Å²) >= 11 is 0. The van der Waals surface area contributed by atoms with Crippen molar-refractivity contribution >= 4 is 24.2 Å². The first-order valence-electron chi connectivity index (χ1n) is 7.30. The molecule has 1 aromatic rings. The minimum Gasteiger partial charge on any atom is -0.354 e. The number of benzene rings is 1. The van der Waals surface area contributed by atoms with Crippen molar-refractivity contribution in [2.75, 3.05) is 19.6 Å². The summed E-state index contributed by atoms with van der Waals surface area (Å²) in [4.78, 5) is 23.3. The van der Waals surface area contributed by atoms with Gasteiger partial charge in [0.1, 0.15) is 17.2 Å². The van der Waals surface area contributed by atoms with Gasteiger partial charge in [0, 0.05) is 25.6 Å². The standard InChI is InChI=1S/C15H19F2N3O2.ClH/c16-11-4-1-5-12(17)14(11)15(22)20-8-7-19-13(21)9-10-3-2-6-18-10;/h1,4-5,10,18H,2-3,6-9H2,(H,19,21)(H,20,22);1H. The second-order valence-electron chi connectivity index (χ2n) is 5.20. The highest BCUT2D eigenvalue weighted by atomic mass is 35.5. The van der Waals surface area contributed by atoms with Crippen LogP contribution in [0.2, 0.25) is 0 Å². The van der Waals surface area contributed by atoms with E-state index in [9.17, 15) is 18.4 Å². The van der Waals surface area contributed by atoms with Crippen LogP contribution >= 0.6 is 12.4 Å². The monoisotopic (exact) mass is 347 g/mol. The summed E-state index contributed by atoms with van der Waals surface area (Å²) in [7, 11) is 0. The topological polar surface area (TPSA) is 70.2 Å². The van der Waals surface area contributed by atoms with E-state index in [1.807, 2.05) is 0 Å². The highest BCUT2D eigenvalue weighted by molar-refractivity contribution is 5.94. The number of nitrogens with one attached hydrogen (secondary N) is 3. The first kappa shape index (κ1) is 19.3. The van der Waals surface area contributed by atoms with Gasteiger partial charge in [-0.05, 0) is 31.5 Å². The van der Waals surface area contributed by atoms with Gasteiger partial charge in [0.2, 0.25) is 5.91 Å². The maximum Gasteiger partial charge on any atom is 0.257 e. The van der Waals surface area contributed by atoms with Gasteiger partial charge in [-0.3, -0.25) is 9.59 Å². The number of hydrogen-bond donors (Lipinski definition) is 3. The Balaban J connectivity index is 0.00000264. The maximum atomic E-state index is 13.4. The molecule has 1 aliphatic heterocycles. The summed E-state index contributed by atoms with van der Waals surface area (Å²) in [5.74, 6) is -2.75. The Kier molecular flexibility index (Phi) is 7.91. The second kappa shape index (κ2) is 9.42. The molecule has 2 amide bonds. The lowest BCUT2D eigenvalue weighted by Crippen LogP contribution is -2.37. The SMILES string of the molecule is Cl.O=C(CC1CCCN1)NCCNC(=O)c1c(F)cccc1F. The van der Waals surface area contributed by atoms with Gasteiger partial charge in [-0.2, -0.15) is 0 Å². The van der Waals surface area contributed by atoms with Gasteiger partial charge in [0.05, 0.1) is 0 Å². The van der Waals surface area contributed by atoms with E-state index in [4.69, 9.17) is 0 Å². The average Bonchev–Trinajstić information content (AvgIpc) is 2.96. The third-order valence-electron chi connectivity index (χ3n) is 3.52. The molecule has 1 aliphatic rings. The van der Waals surface area contributed by atoms with Gasteiger partial charge in [-0.15, -0.1) is 12.4 Å². The molecule has 8 heteroatoms. The van der Waals surface area contributed by atoms with Crippen LogP contribution in [0, 0.1) is 11.6 Å². The fourth-order valence-corrected chi connectivity index (χ4v) is 2.41. The predicted octanol–water partition coefficient (Wildman–Crippen LogP) is 1.37. The molecule has 2 rings (SSSR count). The zero-order valence-corrected chi connectivity index (χ0v) is 13.3. The minimum absolute atomic E-state index is 0. The molecular weight excluding hydrogens is 328 g/mol. The van der Waals surface area contributed by atoms with Gasteiger partial charge in [-0.1, -0.05) is 6.07 Å². The summed E-state index contributed by atoms with van der Waals surface area (Å²) in [5, 5.41) is 8.26. The van der Waals surface area contributed by atoms with Gasteiger partial charge < -0.3 is 16.0 Å². The van der Waals surface area contributed by atoms with Crippen LogP contribution < -0.4 is 16.0 Å². The van der Waals surface area contributed by atoms with Crippen LogP contribution in [0.25, 0.3) is 0 Å². The summed E-state index contributed by atoms with van der Waals surface area (Å²) in [6, 6.07) is 3.45. The Hall–Kier alpha value is -1.73. The van der Waals surface area contributed by atoms with Crippen LogP contribution in [0.5, 0.6) is 0 Å². The number of carbonyl (C=O) groups is 2. The van der Waals surface area contributed by atoms with Crippen molar-refractivity contribution in [1.29, 1.82) is 0 Å². The highest BCUT2D eigenvalue weighted by Crippen LogP contribution is 2.11. The molecule has 1 aromatic carbocycles. The molecule has 0 saturated carbocycles. The molecule has 1 heterocycles. The van der Waals surface area contributed by atoms with Gasteiger partial charge >= 0.3 is 0 Å². The molecule has 1 saturated heterocycles. The van der Waals surface area contributed by atoms with Gasteiger partial charge in [-0.25, -0.2) is 8.78 Å². The van der Waals surface area contributed by atoms with E-state index in [-0.39, 0.29) is 37.4 Å². The lowest BCUT2D eigenvalue weighted by atomic mass is 10.1. The van der Waals surface area contributed by atoms with Crippen molar-refractivity contribution in [2.24, 2.45) is 0 Å². The largest absolute Gasteiger partial charge is 0.354 e. The van der Waals surface area contributed by atoms with E-state index in [1.165, 1.54) is 6.07 Å². The van der Waals surface area contributed by atoms with E-state index < -0.39 is 23.1 Å². The molecule has 0 spiro atoms. The number of carbonyl (C=O) groups excluding carboxylic acids is 2. The van der Waals surface area contributed by atoms with Crippen LogP contribution in [0.3, 0.4) is 0 Å². The molecule has 0 bridgehead atoms. The molecule has 1 atom stereocenters. The van der Waals surface area contributed by atoms with Gasteiger partial charge in [0.25, 0.3) is 5.91 Å². The molecule has 5 nitrogen and oxygen atoms in total. The molecule has 0 radical (unpaired) electrons. The van der Waals surface area contributed by atoms with E-state index >= 15 is 0 Å². The summed E-state index contributed by atoms with van der Waals surface area (Å²) in [6.45, 7) is 1.26.